The van der Waals surface area contributed by atoms with Gasteiger partial charge in [-0.15, -0.1) is 0 Å². The molecule has 0 aromatic heterocycles. The normalized spacial score (nSPS) is 12.5. The average molecular weight is 257 g/mol. The van der Waals surface area contributed by atoms with Crippen molar-refractivity contribution >= 4 is 23.0 Å². The topological polar surface area (TPSA) is 38.5 Å². The van der Waals surface area contributed by atoms with Gasteiger partial charge in [-0.05, 0) is 31.5 Å². The van der Waals surface area contributed by atoms with Crippen LogP contribution in [0.3, 0.4) is 0 Å². The highest BCUT2D eigenvalue weighted by Crippen LogP contribution is 2.29. The molecule has 1 unspecified atom stereocenters. The van der Waals surface area contributed by atoms with Crippen LogP contribution in [-0.4, -0.2) is 26.3 Å². The summed E-state index contributed by atoms with van der Waals surface area (Å²) in [5, 5.41) is 0.696. The van der Waals surface area contributed by atoms with E-state index in [1.54, 1.807) is 13.2 Å². The largest absolute Gasteiger partial charge is 0.399 e. The number of nitrogens with zero attached hydrogens (tertiary/aromatic N) is 1. The van der Waals surface area contributed by atoms with Gasteiger partial charge in [0.2, 0.25) is 0 Å². The molecule has 1 rings (SSSR count). The number of hydrogen-bond donors (Lipinski definition) is 1. The van der Waals surface area contributed by atoms with Gasteiger partial charge < -0.3 is 15.4 Å². The van der Waals surface area contributed by atoms with Crippen molar-refractivity contribution in [3.63, 3.8) is 0 Å². The molecule has 0 saturated carbocycles. The predicted molar refractivity (Wildman–Crippen MR) is 74.8 cm³/mol. The zero-order valence-corrected chi connectivity index (χ0v) is 11.5. The van der Waals surface area contributed by atoms with Gasteiger partial charge in [0.05, 0.1) is 17.3 Å². The predicted octanol–water partition coefficient (Wildman–Crippen LogP) is 3.17. The van der Waals surface area contributed by atoms with Crippen LogP contribution in [0.4, 0.5) is 11.4 Å². The Labute approximate surface area is 109 Å². The van der Waals surface area contributed by atoms with Crippen molar-refractivity contribution in [1.82, 2.24) is 0 Å². The summed E-state index contributed by atoms with van der Waals surface area (Å²) in [7, 11) is 1.71. The zero-order chi connectivity index (χ0) is 12.8. The van der Waals surface area contributed by atoms with E-state index in [1.807, 2.05) is 12.1 Å². The minimum Gasteiger partial charge on any atom is -0.399 e. The summed E-state index contributed by atoms with van der Waals surface area (Å²) in [5.74, 6) is 0. The molecule has 0 radical (unpaired) electrons. The summed E-state index contributed by atoms with van der Waals surface area (Å²) in [5.41, 5.74) is 7.42. The number of nitrogens with two attached hydrogens (primary N) is 1. The monoisotopic (exact) mass is 256 g/mol. The second-order valence-corrected chi connectivity index (χ2v) is 4.56. The van der Waals surface area contributed by atoms with Crippen LogP contribution >= 0.6 is 11.6 Å². The van der Waals surface area contributed by atoms with Crippen LogP contribution < -0.4 is 10.6 Å². The lowest BCUT2D eigenvalue weighted by Gasteiger charge is -2.31. The molecule has 1 atom stereocenters. The molecule has 0 saturated heterocycles. The third-order valence-electron chi connectivity index (χ3n) is 2.94. The first kappa shape index (κ1) is 14.1. The van der Waals surface area contributed by atoms with Gasteiger partial charge in [-0.2, -0.15) is 0 Å². The Bertz CT molecular complexity index is 357. The van der Waals surface area contributed by atoms with Gasteiger partial charge >= 0.3 is 0 Å². The third kappa shape index (κ3) is 3.79. The molecule has 17 heavy (non-hydrogen) atoms. The van der Waals surface area contributed by atoms with Crippen LogP contribution in [0.2, 0.25) is 5.02 Å². The van der Waals surface area contributed by atoms with Crippen molar-refractivity contribution < 1.29 is 4.74 Å². The number of benzene rings is 1. The maximum atomic E-state index is 6.24. The van der Waals surface area contributed by atoms with E-state index in [1.165, 1.54) is 0 Å². The van der Waals surface area contributed by atoms with Gasteiger partial charge in [0.25, 0.3) is 0 Å². The average Bonchev–Trinajstić information content (AvgIpc) is 2.31. The van der Waals surface area contributed by atoms with Crippen LogP contribution in [0.5, 0.6) is 0 Å². The number of anilines is 2. The van der Waals surface area contributed by atoms with E-state index in [9.17, 15) is 0 Å². The number of nitrogen functional groups attached to an aromatic ring is 1. The molecule has 1 aromatic rings. The lowest BCUT2D eigenvalue weighted by Crippen LogP contribution is -2.35. The fraction of sp³-hybridized carbons (Fsp3) is 0.538. The van der Waals surface area contributed by atoms with E-state index < -0.39 is 0 Å². The smallest absolute Gasteiger partial charge is 0.0660 e. The first-order valence-electron chi connectivity index (χ1n) is 5.90. The van der Waals surface area contributed by atoms with Crippen LogP contribution in [0.25, 0.3) is 0 Å². The summed E-state index contributed by atoms with van der Waals surface area (Å²) in [4.78, 5) is 2.26. The SMILES string of the molecule is CCC(C)N(CCOC)c1ccc(N)cc1Cl. The Morgan fingerprint density at radius 3 is 2.71 bits per heavy atom. The molecular weight excluding hydrogens is 236 g/mol. The molecule has 96 valence electrons. The minimum atomic E-state index is 0.422. The van der Waals surface area contributed by atoms with Crippen LogP contribution in [0.15, 0.2) is 18.2 Å². The first-order valence-corrected chi connectivity index (χ1v) is 6.28. The van der Waals surface area contributed by atoms with Crippen molar-refractivity contribution in [3.8, 4) is 0 Å². The van der Waals surface area contributed by atoms with Crippen molar-refractivity contribution in [2.75, 3.05) is 30.9 Å². The second kappa shape index (κ2) is 6.72. The Kier molecular flexibility index (Phi) is 5.59. The number of methoxy groups -OCH3 is 1. The minimum absolute atomic E-state index is 0.422. The van der Waals surface area contributed by atoms with E-state index >= 15 is 0 Å². The quantitative estimate of drug-likeness (QED) is 0.795. The molecule has 0 spiro atoms. The van der Waals surface area contributed by atoms with Gasteiger partial charge in [0, 0.05) is 25.4 Å². The molecule has 0 amide bonds. The third-order valence-corrected chi connectivity index (χ3v) is 3.24. The lowest BCUT2D eigenvalue weighted by atomic mass is 10.1. The molecule has 0 aliphatic rings. The summed E-state index contributed by atoms with van der Waals surface area (Å²) >= 11 is 6.24. The van der Waals surface area contributed by atoms with E-state index in [0.29, 0.717) is 23.4 Å². The molecule has 0 aliphatic carbocycles. The Balaban J connectivity index is 2.95. The van der Waals surface area contributed by atoms with Crippen molar-refractivity contribution in [3.05, 3.63) is 23.2 Å². The Morgan fingerprint density at radius 2 is 2.18 bits per heavy atom. The van der Waals surface area contributed by atoms with Crippen molar-refractivity contribution in [1.29, 1.82) is 0 Å². The van der Waals surface area contributed by atoms with Gasteiger partial charge in [0.15, 0.2) is 0 Å². The molecule has 0 fully saturated rings. The highest BCUT2D eigenvalue weighted by atomic mass is 35.5. The highest BCUT2D eigenvalue weighted by Gasteiger charge is 2.15. The van der Waals surface area contributed by atoms with Gasteiger partial charge in [-0.1, -0.05) is 18.5 Å². The fourth-order valence-corrected chi connectivity index (χ4v) is 2.04. The lowest BCUT2D eigenvalue weighted by molar-refractivity contribution is 0.203. The van der Waals surface area contributed by atoms with Crippen LogP contribution in [0, 0.1) is 0 Å². The fourth-order valence-electron chi connectivity index (χ4n) is 1.74. The van der Waals surface area contributed by atoms with Gasteiger partial charge in [0.1, 0.15) is 0 Å². The standard InChI is InChI=1S/C13H21ClN2O/c1-4-10(2)16(7-8-17-3)13-6-5-11(15)9-12(13)14/h5-6,9-10H,4,7-8,15H2,1-3H3. The van der Waals surface area contributed by atoms with Gasteiger partial charge in [-0.25, -0.2) is 0 Å². The van der Waals surface area contributed by atoms with Crippen LogP contribution in [0.1, 0.15) is 20.3 Å². The molecule has 0 aliphatic heterocycles. The second-order valence-electron chi connectivity index (χ2n) is 4.15. The molecular formula is C13H21ClN2O. The van der Waals surface area contributed by atoms with E-state index in [2.05, 4.69) is 18.7 Å². The van der Waals surface area contributed by atoms with Crippen molar-refractivity contribution in [2.24, 2.45) is 0 Å². The maximum absolute atomic E-state index is 6.24. The van der Waals surface area contributed by atoms with E-state index in [-0.39, 0.29) is 0 Å². The van der Waals surface area contributed by atoms with Gasteiger partial charge in [-0.3, -0.25) is 0 Å². The molecule has 1 aromatic carbocycles. The molecule has 0 heterocycles. The summed E-state index contributed by atoms with van der Waals surface area (Å²) < 4.78 is 5.14. The van der Waals surface area contributed by atoms with E-state index in [0.717, 1.165) is 18.7 Å². The maximum Gasteiger partial charge on any atom is 0.0660 e. The highest BCUT2D eigenvalue weighted by molar-refractivity contribution is 6.33. The number of ether oxygens (including phenoxy) is 1. The number of halogens is 1. The van der Waals surface area contributed by atoms with Crippen molar-refractivity contribution in [2.45, 2.75) is 26.3 Å². The number of hydrogen-bond acceptors (Lipinski definition) is 3. The summed E-state index contributed by atoms with van der Waals surface area (Å²) in [6, 6.07) is 6.06. The van der Waals surface area contributed by atoms with E-state index in [4.69, 9.17) is 22.1 Å². The Hall–Kier alpha value is -0.930. The number of rotatable bonds is 6. The Morgan fingerprint density at radius 1 is 1.47 bits per heavy atom. The molecule has 4 heteroatoms. The molecule has 2 N–H and O–H groups in total. The van der Waals surface area contributed by atoms with Crippen LogP contribution in [-0.2, 0) is 4.74 Å². The summed E-state index contributed by atoms with van der Waals surface area (Å²) in [6.45, 7) is 5.86. The first-order chi connectivity index (χ1) is 8.10. The molecule has 3 nitrogen and oxygen atoms in total. The molecule has 0 bridgehead atoms. The zero-order valence-electron chi connectivity index (χ0n) is 10.7. The summed E-state index contributed by atoms with van der Waals surface area (Å²) in [6.07, 6.45) is 1.06.